The molecule has 3 fully saturated rings. The summed E-state index contributed by atoms with van der Waals surface area (Å²) in [4.78, 5) is 40.7. The number of nitrogens with zero attached hydrogens (tertiary/aromatic N) is 1. The molecule has 0 saturated carbocycles. The fourth-order valence-electron chi connectivity index (χ4n) is 5.47. The van der Waals surface area contributed by atoms with Crippen molar-refractivity contribution in [2.75, 3.05) is 20.2 Å². The highest BCUT2D eigenvalue weighted by Gasteiger charge is 2.78. The fourth-order valence-corrected chi connectivity index (χ4v) is 5.47. The maximum Gasteiger partial charge on any atom is 0.245 e. The molecule has 1 spiro atoms. The van der Waals surface area contributed by atoms with E-state index in [-0.39, 0.29) is 24.3 Å². The van der Waals surface area contributed by atoms with Crippen LogP contribution >= 0.6 is 0 Å². The molecule has 3 saturated heterocycles. The Kier molecular flexibility index (Phi) is 5.74. The van der Waals surface area contributed by atoms with Crippen LogP contribution in [0.15, 0.2) is 0 Å². The van der Waals surface area contributed by atoms with Crippen LogP contribution in [0.1, 0.15) is 52.9 Å². The number of carbonyl (C=O) groups is 3. The van der Waals surface area contributed by atoms with E-state index in [2.05, 4.69) is 17.6 Å². The summed E-state index contributed by atoms with van der Waals surface area (Å²) < 4.78 is 6.40. The molecule has 2 bridgehead atoms. The zero-order chi connectivity index (χ0) is 20.7. The Morgan fingerprint density at radius 3 is 2.64 bits per heavy atom. The molecule has 2 unspecified atom stereocenters. The molecule has 8 heteroatoms. The average Bonchev–Trinajstić information content (AvgIpc) is 3.24. The van der Waals surface area contributed by atoms with Gasteiger partial charge in [-0.25, -0.2) is 0 Å². The van der Waals surface area contributed by atoms with Crippen molar-refractivity contribution in [1.82, 2.24) is 15.5 Å². The molecule has 3 N–H and O–H groups in total. The van der Waals surface area contributed by atoms with Crippen LogP contribution in [-0.2, 0) is 19.1 Å². The summed E-state index contributed by atoms with van der Waals surface area (Å²) >= 11 is 0. The lowest BCUT2D eigenvalue weighted by molar-refractivity contribution is -0.149. The third-order valence-corrected chi connectivity index (χ3v) is 6.81. The van der Waals surface area contributed by atoms with Gasteiger partial charge in [0.25, 0.3) is 0 Å². The predicted molar refractivity (Wildman–Crippen MR) is 102 cm³/mol. The van der Waals surface area contributed by atoms with E-state index in [1.165, 1.54) is 4.90 Å². The Hall–Kier alpha value is -1.67. The first-order valence-corrected chi connectivity index (χ1v) is 10.4. The van der Waals surface area contributed by atoms with Crippen LogP contribution < -0.4 is 10.6 Å². The minimum absolute atomic E-state index is 0.233. The maximum absolute atomic E-state index is 13.4. The highest BCUT2D eigenvalue weighted by Crippen LogP contribution is 2.63. The summed E-state index contributed by atoms with van der Waals surface area (Å²) in [7, 11) is 1.55. The number of hydrogen-bond acceptors (Lipinski definition) is 5. The second kappa shape index (κ2) is 7.63. The summed E-state index contributed by atoms with van der Waals surface area (Å²) in [6.07, 6.45) is 4.10. The van der Waals surface area contributed by atoms with E-state index in [4.69, 9.17) is 4.74 Å². The lowest BCUT2D eigenvalue weighted by atomic mass is 9.66. The molecule has 8 nitrogen and oxygen atoms in total. The third kappa shape index (κ3) is 2.92. The van der Waals surface area contributed by atoms with Gasteiger partial charge in [-0.15, -0.1) is 0 Å². The monoisotopic (exact) mass is 395 g/mol. The van der Waals surface area contributed by atoms with E-state index < -0.39 is 35.1 Å². The molecule has 158 valence electrons. The summed E-state index contributed by atoms with van der Waals surface area (Å²) in [5.41, 5.74) is -1.77. The van der Waals surface area contributed by atoms with Crippen molar-refractivity contribution in [2.24, 2.45) is 11.8 Å². The first-order valence-electron chi connectivity index (χ1n) is 10.4. The van der Waals surface area contributed by atoms with Crippen molar-refractivity contribution in [1.29, 1.82) is 0 Å². The van der Waals surface area contributed by atoms with E-state index in [1.807, 2.05) is 6.92 Å². The normalized spacial score (nSPS) is 37.1. The average molecular weight is 396 g/mol. The van der Waals surface area contributed by atoms with Crippen molar-refractivity contribution >= 4 is 17.7 Å². The Labute approximate surface area is 166 Å². The van der Waals surface area contributed by atoms with Crippen LogP contribution in [0.5, 0.6) is 0 Å². The minimum atomic E-state index is -1.01. The molecule has 3 aliphatic heterocycles. The zero-order valence-electron chi connectivity index (χ0n) is 17.3. The molecule has 0 aromatic rings. The topological polar surface area (TPSA) is 108 Å². The van der Waals surface area contributed by atoms with E-state index in [0.29, 0.717) is 19.4 Å². The Morgan fingerprint density at radius 2 is 2.04 bits per heavy atom. The first kappa shape index (κ1) is 21.0. The molecule has 3 aliphatic rings. The molecule has 6 atom stereocenters. The fraction of sp³-hybridized carbons (Fsp3) is 0.850. The van der Waals surface area contributed by atoms with Crippen LogP contribution in [0, 0.1) is 11.8 Å². The Balaban J connectivity index is 1.96. The van der Waals surface area contributed by atoms with Crippen molar-refractivity contribution in [3.8, 4) is 0 Å². The Bertz CT molecular complexity index is 656. The van der Waals surface area contributed by atoms with E-state index in [9.17, 15) is 19.5 Å². The number of fused-ring (bicyclic) bond motifs is 1. The lowest BCUT2D eigenvalue weighted by Crippen LogP contribution is -2.57. The smallest absolute Gasteiger partial charge is 0.245 e. The van der Waals surface area contributed by atoms with E-state index in [1.54, 1.807) is 14.0 Å². The molecule has 3 amide bonds. The van der Waals surface area contributed by atoms with Gasteiger partial charge in [0.1, 0.15) is 11.6 Å². The lowest BCUT2D eigenvalue weighted by Gasteiger charge is -2.35. The maximum atomic E-state index is 13.4. The van der Waals surface area contributed by atoms with Gasteiger partial charge in [0, 0.05) is 13.6 Å². The van der Waals surface area contributed by atoms with Crippen LogP contribution in [-0.4, -0.2) is 71.2 Å². The van der Waals surface area contributed by atoms with Gasteiger partial charge >= 0.3 is 0 Å². The van der Waals surface area contributed by atoms with Gasteiger partial charge in [0.05, 0.1) is 30.1 Å². The van der Waals surface area contributed by atoms with E-state index in [0.717, 1.165) is 19.3 Å². The number of carbonyl (C=O) groups excluding carboxylic acids is 3. The number of nitrogens with one attached hydrogen (secondary N) is 2. The molecule has 3 heterocycles. The predicted octanol–water partition coefficient (Wildman–Crippen LogP) is 0.184. The number of aliphatic hydroxyl groups excluding tert-OH is 1. The summed E-state index contributed by atoms with van der Waals surface area (Å²) in [5, 5.41) is 15.3. The number of likely N-dealkylation sites (tertiary alicyclic amines) is 1. The molecule has 28 heavy (non-hydrogen) atoms. The molecule has 3 rings (SSSR count). The van der Waals surface area contributed by atoms with Gasteiger partial charge in [0.15, 0.2) is 0 Å². The standard InChI is InChI=1S/C20H33N3O5/c1-5-6-7-10-22-17(26)15-20-9-8-19(3,28-20)13(16(25)21-4)14(20)18(27)23(15)12(2)11-24/h12-15,24H,5-11H2,1-4H3,(H,21,25)(H,22,26)/t12-,13+,14+,15?,19-,20?/m1/s1. The van der Waals surface area contributed by atoms with Gasteiger partial charge in [-0.3, -0.25) is 14.4 Å². The van der Waals surface area contributed by atoms with Crippen molar-refractivity contribution in [3.05, 3.63) is 0 Å². The second-order valence-electron chi connectivity index (χ2n) is 8.62. The van der Waals surface area contributed by atoms with Crippen molar-refractivity contribution in [2.45, 2.75) is 76.2 Å². The van der Waals surface area contributed by atoms with Crippen LogP contribution in [0.4, 0.5) is 0 Å². The van der Waals surface area contributed by atoms with Crippen LogP contribution in [0.25, 0.3) is 0 Å². The zero-order valence-corrected chi connectivity index (χ0v) is 17.3. The molecule has 0 aliphatic carbocycles. The van der Waals surface area contributed by atoms with Crippen molar-refractivity contribution in [3.63, 3.8) is 0 Å². The molecule has 0 aromatic heterocycles. The highest BCUT2D eigenvalue weighted by molar-refractivity contribution is 5.99. The van der Waals surface area contributed by atoms with Gasteiger partial charge < -0.3 is 25.4 Å². The number of hydrogen-bond donors (Lipinski definition) is 3. The quantitative estimate of drug-likeness (QED) is 0.508. The number of unbranched alkanes of at least 4 members (excludes halogenated alkanes) is 2. The van der Waals surface area contributed by atoms with Gasteiger partial charge in [-0.2, -0.15) is 0 Å². The third-order valence-electron chi connectivity index (χ3n) is 6.81. The minimum Gasteiger partial charge on any atom is -0.394 e. The number of aliphatic hydroxyl groups is 1. The Morgan fingerprint density at radius 1 is 1.32 bits per heavy atom. The number of rotatable bonds is 8. The van der Waals surface area contributed by atoms with Gasteiger partial charge in [-0.1, -0.05) is 19.8 Å². The summed E-state index contributed by atoms with van der Waals surface area (Å²) in [6, 6.07) is -1.36. The number of ether oxygens (including phenoxy) is 1. The van der Waals surface area contributed by atoms with Crippen LogP contribution in [0.2, 0.25) is 0 Å². The van der Waals surface area contributed by atoms with Gasteiger partial charge in [0.2, 0.25) is 17.7 Å². The second-order valence-corrected chi connectivity index (χ2v) is 8.62. The van der Waals surface area contributed by atoms with Crippen LogP contribution in [0.3, 0.4) is 0 Å². The highest BCUT2D eigenvalue weighted by atomic mass is 16.5. The molecular weight excluding hydrogens is 362 g/mol. The molecular formula is C20H33N3O5. The largest absolute Gasteiger partial charge is 0.394 e. The number of amides is 3. The van der Waals surface area contributed by atoms with E-state index >= 15 is 0 Å². The van der Waals surface area contributed by atoms with Crippen molar-refractivity contribution < 1.29 is 24.2 Å². The summed E-state index contributed by atoms with van der Waals surface area (Å²) in [5.74, 6) is -2.10. The molecule has 0 radical (unpaired) electrons. The SMILES string of the molecule is CCCCCNC(=O)C1N([C@H](C)CO)C(=O)[C@@H]2[C@@H](C(=O)NC)[C@@]3(C)CCC12O3. The molecule has 0 aromatic carbocycles. The van der Waals surface area contributed by atoms with Gasteiger partial charge in [-0.05, 0) is 33.1 Å². The summed E-state index contributed by atoms with van der Waals surface area (Å²) in [6.45, 7) is 5.96. The first-order chi connectivity index (χ1) is 13.3.